The van der Waals surface area contributed by atoms with E-state index in [1.54, 1.807) is 12.1 Å². The molecule has 0 amide bonds. The van der Waals surface area contributed by atoms with Gasteiger partial charge in [0.05, 0.1) is 5.41 Å². The predicted molar refractivity (Wildman–Crippen MR) is 100 cm³/mol. The van der Waals surface area contributed by atoms with Gasteiger partial charge < -0.3 is 0 Å². The SMILES string of the molecule is Cc1cc(C(C)(C)C(F)(F)F)ccc1-c1cc(C)c(C(C)(C)C)c[n+]1C. The standard InChI is InChI=1S/C22H29F3N/c1-14-11-16(21(6,7)22(23,24)25)9-10-17(14)19-12-15(2)18(13-26(19)8)20(3,4)5/h9-13H,1-8H3/q+1. The fourth-order valence-electron chi connectivity index (χ4n) is 3.31. The van der Waals surface area contributed by atoms with Gasteiger partial charge in [0.2, 0.25) is 5.69 Å². The lowest BCUT2D eigenvalue weighted by Gasteiger charge is -2.28. The Labute approximate surface area is 154 Å². The maximum absolute atomic E-state index is 13.3. The topological polar surface area (TPSA) is 3.88 Å². The van der Waals surface area contributed by atoms with Crippen molar-refractivity contribution >= 4 is 0 Å². The number of aryl methyl sites for hydroxylation is 3. The van der Waals surface area contributed by atoms with Crippen LogP contribution in [0.5, 0.6) is 0 Å². The third-order valence-electron chi connectivity index (χ3n) is 5.22. The van der Waals surface area contributed by atoms with Crippen LogP contribution in [0, 0.1) is 13.8 Å². The van der Waals surface area contributed by atoms with Crippen molar-refractivity contribution in [1.82, 2.24) is 0 Å². The van der Waals surface area contributed by atoms with Gasteiger partial charge in [0.25, 0.3) is 0 Å². The Kier molecular flexibility index (Phi) is 5.04. The zero-order chi connectivity index (χ0) is 20.1. The van der Waals surface area contributed by atoms with Gasteiger partial charge in [-0.3, -0.25) is 0 Å². The lowest BCUT2D eigenvalue weighted by atomic mass is 9.82. The highest BCUT2D eigenvalue weighted by Crippen LogP contribution is 2.41. The largest absolute Gasteiger partial charge is 0.397 e. The van der Waals surface area contributed by atoms with Crippen molar-refractivity contribution in [2.45, 2.75) is 65.5 Å². The van der Waals surface area contributed by atoms with Crippen molar-refractivity contribution in [3.63, 3.8) is 0 Å². The van der Waals surface area contributed by atoms with Crippen LogP contribution in [-0.2, 0) is 17.9 Å². The van der Waals surface area contributed by atoms with Gasteiger partial charge in [0.1, 0.15) is 7.05 Å². The number of hydrogen-bond acceptors (Lipinski definition) is 0. The van der Waals surface area contributed by atoms with E-state index in [1.807, 2.05) is 20.0 Å². The first-order valence-electron chi connectivity index (χ1n) is 8.85. The molecule has 0 N–H and O–H groups in total. The number of pyridine rings is 1. The highest BCUT2D eigenvalue weighted by molar-refractivity contribution is 5.63. The molecule has 0 radical (unpaired) electrons. The number of aromatic nitrogens is 1. The van der Waals surface area contributed by atoms with E-state index in [4.69, 9.17) is 0 Å². The molecule has 1 heterocycles. The van der Waals surface area contributed by atoms with E-state index >= 15 is 0 Å². The third-order valence-corrected chi connectivity index (χ3v) is 5.22. The number of alkyl halides is 3. The highest BCUT2D eigenvalue weighted by atomic mass is 19.4. The predicted octanol–water partition coefficient (Wildman–Crippen LogP) is 5.93. The van der Waals surface area contributed by atoms with Crippen molar-refractivity contribution < 1.29 is 17.7 Å². The van der Waals surface area contributed by atoms with Crippen LogP contribution in [0.15, 0.2) is 30.5 Å². The molecule has 26 heavy (non-hydrogen) atoms. The fourth-order valence-corrected chi connectivity index (χ4v) is 3.31. The Morgan fingerprint density at radius 3 is 1.88 bits per heavy atom. The molecule has 142 valence electrons. The Balaban J connectivity index is 2.57. The van der Waals surface area contributed by atoms with E-state index in [-0.39, 0.29) is 11.0 Å². The van der Waals surface area contributed by atoms with Gasteiger partial charge in [-0.25, -0.2) is 4.57 Å². The molecule has 1 aromatic carbocycles. The van der Waals surface area contributed by atoms with Gasteiger partial charge in [0.15, 0.2) is 6.20 Å². The maximum Gasteiger partial charge on any atom is 0.397 e. The van der Waals surface area contributed by atoms with Crippen LogP contribution in [0.2, 0.25) is 0 Å². The maximum atomic E-state index is 13.3. The summed E-state index contributed by atoms with van der Waals surface area (Å²) in [6, 6.07) is 7.19. The van der Waals surface area contributed by atoms with Gasteiger partial charge in [-0.2, -0.15) is 13.2 Å². The second kappa shape index (κ2) is 6.40. The summed E-state index contributed by atoms with van der Waals surface area (Å²) in [4.78, 5) is 0. The fraction of sp³-hybridized carbons (Fsp3) is 0.500. The molecule has 1 nitrogen and oxygen atoms in total. The monoisotopic (exact) mass is 364 g/mol. The molecule has 2 aromatic rings. The molecule has 0 spiro atoms. The summed E-state index contributed by atoms with van der Waals surface area (Å²) < 4.78 is 42.1. The van der Waals surface area contributed by atoms with Crippen molar-refractivity contribution in [3.8, 4) is 11.3 Å². The summed E-state index contributed by atoms with van der Waals surface area (Å²) in [6.07, 6.45) is -2.16. The van der Waals surface area contributed by atoms with Crippen LogP contribution in [-0.4, -0.2) is 6.18 Å². The molecule has 0 fully saturated rings. The third kappa shape index (κ3) is 3.65. The van der Waals surface area contributed by atoms with Crippen LogP contribution in [0.25, 0.3) is 11.3 Å². The van der Waals surface area contributed by atoms with Gasteiger partial charge in [-0.15, -0.1) is 0 Å². The van der Waals surface area contributed by atoms with Gasteiger partial charge in [-0.1, -0.05) is 32.9 Å². The minimum atomic E-state index is -4.28. The molecule has 0 aliphatic carbocycles. The first kappa shape index (κ1) is 20.5. The van der Waals surface area contributed by atoms with Crippen molar-refractivity contribution in [1.29, 1.82) is 0 Å². The van der Waals surface area contributed by atoms with E-state index < -0.39 is 11.6 Å². The van der Waals surface area contributed by atoms with Crippen molar-refractivity contribution in [2.75, 3.05) is 0 Å². The summed E-state index contributed by atoms with van der Waals surface area (Å²) >= 11 is 0. The molecule has 0 unspecified atom stereocenters. The van der Waals surface area contributed by atoms with E-state index in [2.05, 4.69) is 44.5 Å². The van der Waals surface area contributed by atoms with Gasteiger partial charge in [-0.05, 0) is 55.9 Å². The number of nitrogens with zero attached hydrogens (tertiary/aromatic N) is 1. The number of hydrogen-bond donors (Lipinski definition) is 0. The minimum Gasteiger partial charge on any atom is -0.201 e. The molecule has 4 heteroatoms. The molecule has 0 atom stereocenters. The van der Waals surface area contributed by atoms with Crippen LogP contribution >= 0.6 is 0 Å². The molecule has 0 bridgehead atoms. The van der Waals surface area contributed by atoms with Crippen LogP contribution in [0.1, 0.15) is 56.9 Å². The van der Waals surface area contributed by atoms with Crippen molar-refractivity contribution in [2.24, 2.45) is 7.05 Å². The molecular weight excluding hydrogens is 335 g/mol. The number of halogens is 3. The van der Waals surface area contributed by atoms with Crippen LogP contribution in [0.3, 0.4) is 0 Å². The average molecular weight is 364 g/mol. The number of rotatable bonds is 2. The second-order valence-corrected chi connectivity index (χ2v) is 8.77. The van der Waals surface area contributed by atoms with Crippen LogP contribution in [0.4, 0.5) is 13.2 Å². The molecular formula is C22H29F3N+. The van der Waals surface area contributed by atoms with Gasteiger partial charge in [0, 0.05) is 17.2 Å². The summed E-state index contributed by atoms with van der Waals surface area (Å²) in [5.74, 6) is 0. The molecule has 0 aliphatic heterocycles. The molecule has 0 saturated carbocycles. The Hall–Kier alpha value is -1.84. The quantitative estimate of drug-likeness (QED) is 0.581. The first-order chi connectivity index (χ1) is 11.7. The number of benzene rings is 1. The molecule has 1 aromatic heterocycles. The Morgan fingerprint density at radius 1 is 0.846 bits per heavy atom. The van der Waals surface area contributed by atoms with E-state index in [1.165, 1.54) is 25.0 Å². The lowest BCUT2D eigenvalue weighted by Crippen LogP contribution is -2.36. The molecule has 2 rings (SSSR count). The minimum absolute atomic E-state index is 0.0377. The normalized spacial score (nSPS) is 13.2. The summed E-state index contributed by atoms with van der Waals surface area (Å²) in [7, 11) is 1.98. The average Bonchev–Trinajstić information content (AvgIpc) is 2.47. The zero-order valence-corrected chi connectivity index (χ0v) is 17.0. The Morgan fingerprint density at radius 2 is 1.42 bits per heavy atom. The van der Waals surface area contributed by atoms with Crippen LogP contribution < -0.4 is 4.57 Å². The lowest BCUT2D eigenvalue weighted by molar-refractivity contribution is -0.661. The zero-order valence-electron chi connectivity index (χ0n) is 17.0. The second-order valence-electron chi connectivity index (χ2n) is 8.77. The Bertz CT molecular complexity index is 825. The highest BCUT2D eigenvalue weighted by Gasteiger charge is 2.48. The molecule has 0 saturated heterocycles. The van der Waals surface area contributed by atoms with E-state index in [0.717, 1.165) is 16.8 Å². The summed E-state index contributed by atoms with van der Waals surface area (Å²) in [6.45, 7) is 12.9. The first-order valence-corrected chi connectivity index (χ1v) is 8.85. The van der Waals surface area contributed by atoms with Crippen molar-refractivity contribution in [3.05, 3.63) is 52.7 Å². The van der Waals surface area contributed by atoms with Gasteiger partial charge >= 0.3 is 6.18 Å². The molecule has 0 aliphatic rings. The summed E-state index contributed by atoms with van der Waals surface area (Å²) in [5, 5.41) is 0. The smallest absolute Gasteiger partial charge is 0.201 e. The summed E-state index contributed by atoms with van der Waals surface area (Å²) in [5.41, 5.74) is 3.71. The van der Waals surface area contributed by atoms with E-state index in [9.17, 15) is 13.2 Å². The van der Waals surface area contributed by atoms with E-state index in [0.29, 0.717) is 0 Å².